The topological polar surface area (TPSA) is 45.1 Å². The second kappa shape index (κ2) is 4.46. The molecule has 1 saturated carbocycles. The lowest BCUT2D eigenvalue weighted by atomic mass is 9.64. The Morgan fingerprint density at radius 2 is 2.21 bits per heavy atom. The maximum Gasteiger partial charge on any atom is 0.0934 e. The molecular formula is C15H17BrN2O. The summed E-state index contributed by atoms with van der Waals surface area (Å²) in [6.45, 7) is 4.18. The Morgan fingerprint density at radius 1 is 1.42 bits per heavy atom. The average molecular weight is 321 g/mol. The molecule has 3 nitrogen and oxygen atoms in total. The van der Waals surface area contributed by atoms with Crippen LogP contribution in [0.4, 0.5) is 5.69 Å². The molecule has 3 rings (SSSR count). The zero-order valence-electron chi connectivity index (χ0n) is 11.0. The van der Waals surface area contributed by atoms with Crippen LogP contribution in [0.3, 0.4) is 0 Å². The number of nitrogens with zero attached hydrogens (tertiary/aromatic N) is 1. The fraction of sp³-hybridized carbons (Fsp3) is 0.400. The summed E-state index contributed by atoms with van der Waals surface area (Å²) in [5.74, 6) is 0. The van der Waals surface area contributed by atoms with E-state index in [9.17, 15) is 5.11 Å². The van der Waals surface area contributed by atoms with Crippen molar-refractivity contribution < 1.29 is 5.11 Å². The average Bonchev–Trinajstić information content (AvgIpc) is 2.38. The first-order chi connectivity index (χ1) is 8.98. The lowest BCUT2D eigenvalue weighted by molar-refractivity contribution is -0.0510. The summed E-state index contributed by atoms with van der Waals surface area (Å²) < 4.78 is 0.983. The number of hydrogen-bond donors (Lipinski definition) is 2. The van der Waals surface area contributed by atoms with Crippen molar-refractivity contribution in [2.24, 2.45) is 5.41 Å². The van der Waals surface area contributed by atoms with Crippen LogP contribution in [-0.2, 0) is 0 Å². The molecule has 100 valence electrons. The van der Waals surface area contributed by atoms with E-state index in [1.54, 1.807) is 0 Å². The number of benzene rings is 1. The van der Waals surface area contributed by atoms with Crippen molar-refractivity contribution in [3.8, 4) is 0 Å². The van der Waals surface area contributed by atoms with E-state index in [2.05, 4.69) is 52.2 Å². The quantitative estimate of drug-likeness (QED) is 0.889. The molecule has 1 aliphatic rings. The lowest BCUT2D eigenvalue weighted by Crippen LogP contribution is -2.56. The molecule has 0 bridgehead atoms. The molecule has 1 aliphatic carbocycles. The molecule has 2 atom stereocenters. The van der Waals surface area contributed by atoms with Crippen molar-refractivity contribution in [2.45, 2.75) is 32.4 Å². The number of aliphatic hydroxyl groups excluding tert-OH is 1. The second-order valence-electron chi connectivity index (χ2n) is 5.80. The van der Waals surface area contributed by atoms with Gasteiger partial charge in [0.2, 0.25) is 0 Å². The number of halogens is 1. The highest BCUT2D eigenvalue weighted by atomic mass is 79.9. The van der Waals surface area contributed by atoms with Gasteiger partial charge in [0, 0.05) is 27.5 Å². The van der Waals surface area contributed by atoms with E-state index < -0.39 is 0 Å². The third-order valence-corrected chi connectivity index (χ3v) is 4.66. The minimum atomic E-state index is -0.220. The Balaban J connectivity index is 1.94. The van der Waals surface area contributed by atoms with Gasteiger partial charge in [-0.25, -0.2) is 0 Å². The number of nitrogens with one attached hydrogen (secondary N) is 1. The van der Waals surface area contributed by atoms with E-state index >= 15 is 0 Å². The molecule has 1 fully saturated rings. The van der Waals surface area contributed by atoms with Crippen LogP contribution in [0, 0.1) is 5.41 Å². The molecular weight excluding hydrogens is 304 g/mol. The molecule has 1 aromatic carbocycles. The molecule has 0 radical (unpaired) electrons. The molecule has 1 aromatic heterocycles. The summed E-state index contributed by atoms with van der Waals surface area (Å²) in [5, 5.41) is 14.4. The van der Waals surface area contributed by atoms with Gasteiger partial charge < -0.3 is 10.4 Å². The van der Waals surface area contributed by atoms with E-state index in [-0.39, 0.29) is 11.5 Å². The highest BCUT2D eigenvalue weighted by Gasteiger charge is 2.47. The van der Waals surface area contributed by atoms with E-state index in [0.717, 1.165) is 27.5 Å². The third kappa shape index (κ3) is 2.13. The van der Waals surface area contributed by atoms with Gasteiger partial charge in [0.05, 0.1) is 17.3 Å². The van der Waals surface area contributed by atoms with Gasteiger partial charge in [-0.05, 0) is 34.5 Å². The monoisotopic (exact) mass is 320 g/mol. The van der Waals surface area contributed by atoms with Gasteiger partial charge >= 0.3 is 0 Å². The van der Waals surface area contributed by atoms with E-state index in [0.29, 0.717) is 6.04 Å². The van der Waals surface area contributed by atoms with Crippen LogP contribution in [0.5, 0.6) is 0 Å². The summed E-state index contributed by atoms with van der Waals surface area (Å²) in [4.78, 5) is 4.49. The van der Waals surface area contributed by atoms with Crippen molar-refractivity contribution in [3.63, 3.8) is 0 Å². The van der Waals surface area contributed by atoms with Crippen molar-refractivity contribution in [1.82, 2.24) is 4.98 Å². The molecule has 1 heterocycles. The Morgan fingerprint density at radius 3 is 2.89 bits per heavy atom. The fourth-order valence-electron chi connectivity index (χ4n) is 2.59. The molecule has 19 heavy (non-hydrogen) atoms. The third-order valence-electron chi connectivity index (χ3n) is 4.22. The van der Waals surface area contributed by atoms with Crippen LogP contribution in [-0.4, -0.2) is 22.2 Å². The SMILES string of the molecule is CC1(C)C(O)CC1Nc1cccc2cc(Br)cnc12. The number of aliphatic hydroxyl groups is 1. The van der Waals surface area contributed by atoms with E-state index in [1.165, 1.54) is 0 Å². The van der Waals surface area contributed by atoms with Crippen LogP contribution in [0.1, 0.15) is 20.3 Å². The van der Waals surface area contributed by atoms with Gasteiger partial charge in [0.15, 0.2) is 0 Å². The molecule has 2 N–H and O–H groups in total. The van der Waals surface area contributed by atoms with Gasteiger partial charge in [-0.1, -0.05) is 26.0 Å². The first-order valence-electron chi connectivity index (χ1n) is 6.47. The van der Waals surface area contributed by atoms with Gasteiger partial charge in [-0.3, -0.25) is 4.98 Å². The first kappa shape index (κ1) is 12.9. The van der Waals surface area contributed by atoms with Gasteiger partial charge in [0.25, 0.3) is 0 Å². The Kier molecular flexibility index (Phi) is 3.02. The maximum atomic E-state index is 9.81. The zero-order valence-corrected chi connectivity index (χ0v) is 12.6. The minimum Gasteiger partial charge on any atom is -0.392 e. The highest BCUT2D eigenvalue weighted by Crippen LogP contribution is 2.42. The zero-order chi connectivity index (χ0) is 13.6. The standard InChI is InChI=1S/C15H17BrN2O/c1-15(2)12(7-13(15)19)18-11-5-3-4-9-6-10(16)8-17-14(9)11/h3-6,8,12-13,18-19H,7H2,1-2H3. The van der Waals surface area contributed by atoms with Crippen molar-refractivity contribution in [3.05, 3.63) is 34.9 Å². The van der Waals surface area contributed by atoms with E-state index in [1.807, 2.05) is 18.3 Å². The summed E-state index contributed by atoms with van der Waals surface area (Å²) in [7, 11) is 0. The lowest BCUT2D eigenvalue weighted by Gasteiger charge is -2.49. The number of para-hydroxylation sites is 1. The molecule has 2 aromatic rings. The second-order valence-corrected chi connectivity index (χ2v) is 6.72. The van der Waals surface area contributed by atoms with Crippen molar-refractivity contribution in [2.75, 3.05) is 5.32 Å². The number of fused-ring (bicyclic) bond motifs is 1. The summed E-state index contributed by atoms with van der Waals surface area (Å²) in [6, 6.07) is 8.48. The Labute approximate surface area is 121 Å². The van der Waals surface area contributed by atoms with E-state index in [4.69, 9.17) is 0 Å². The number of aromatic nitrogens is 1. The molecule has 4 heteroatoms. The molecule has 0 aliphatic heterocycles. The van der Waals surface area contributed by atoms with Crippen LogP contribution in [0.25, 0.3) is 10.9 Å². The van der Waals surface area contributed by atoms with Gasteiger partial charge in [-0.2, -0.15) is 0 Å². The molecule has 0 amide bonds. The van der Waals surface area contributed by atoms with Crippen molar-refractivity contribution in [1.29, 1.82) is 0 Å². The Hall–Kier alpha value is -1.13. The Bertz CT molecular complexity index is 627. The predicted molar refractivity (Wildman–Crippen MR) is 81.3 cm³/mol. The van der Waals surface area contributed by atoms with Crippen molar-refractivity contribution >= 4 is 32.5 Å². The molecule has 0 spiro atoms. The highest BCUT2D eigenvalue weighted by molar-refractivity contribution is 9.10. The largest absolute Gasteiger partial charge is 0.392 e. The fourth-order valence-corrected chi connectivity index (χ4v) is 2.93. The molecule has 0 saturated heterocycles. The first-order valence-corrected chi connectivity index (χ1v) is 7.26. The molecule has 2 unspecified atom stereocenters. The number of pyridine rings is 1. The number of hydrogen-bond acceptors (Lipinski definition) is 3. The summed E-state index contributed by atoms with van der Waals surface area (Å²) >= 11 is 3.44. The van der Waals surface area contributed by atoms with Crippen LogP contribution < -0.4 is 5.32 Å². The normalized spacial score (nSPS) is 25.1. The van der Waals surface area contributed by atoms with Gasteiger partial charge in [0.1, 0.15) is 0 Å². The van der Waals surface area contributed by atoms with Crippen LogP contribution >= 0.6 is 15.9 Å². The smallest absolute Gasteiger partial charge is 0.0934 e. The van der Waals surface area contributed by atoms with Gasteiger partial charge in [-0.15, -0.1) is 0 Å². The summed E-state index contributed by atoms with van der Waals surface area (Å²) in [5.41, 5.74) is 1.93. The summed E-state index contributed by atoms with van der Waals surface area (Å²) in [6.07, 6.45) is 2.39. The predicted octanol–water partition coefficient (Wildman–Crippen LogP) is 3.57. The van der Waals surface area contributed by atoms with Crippen LogP contribution in [0.2, 0.25) is 0 Å². The maximum absolute atomic E-state index is 9.81. The van der Waals surface area contributed by atoms with Crippen LogP contribution in [0.15, 0.2) is 34.9 Å². The minimum absolute atomic E-state index is 0.0858. The number of anilines is 1. The number of rotatable bonds is 2.